The van der Waals surface area contributed by atoms with E-state index in [2.05, 4.69) is 21.0 Å². The first kappa shape index (κ1) is 8.74. The third-order valence-electron chi connectivity index (χ3n) is 1.38. The second-order valence-corrected chi connectivity index (χ2v) is 3.04. The lowest BCUT2D eigenvalue weighted by Gasteiger charge is -2.01. The zero-order valence-electron chi connectivity index (χ0n) is 6.46. The van der Waals surface area contributed by atoms with E-state index in [-0.39, 0.29) is 0 Å². The first-order valence-electron chi connectivity index (χ1n) is 3.51. The summed E-state index contributed by atoms with van der Waals surface area (Å²) in [7, 11) is 1.71. The number of aromatic nitrogens is 2. The van der Waals surface area contributed by atoms with Crippen molar-refractivity contribution < 1.29 is 4.74 Å². The Balaban J connectivity index is 2.32. The van der Waals surface area contributed by atoms with Gasteiger partial charge in [-0.15, -0.1) is 0 Å². The van der Waals surface area contributed by atoms with Gasteiger partial charge in [-0.25, -0.2) is 0 Å². The first-order chi connectivity index (χ1) is 5.34. The maximum Gasteiger partial charge on any atom is 0.104 e. The van der Waals surface area contributed by atoms with E-state index in [0.29, 0.717) is 0 Å². The van der Waals surface area contributed by atoms with E-state index < -0.39 is 0 Å². The van der Waals surface area contributed by atoms with E-state index in [0.717, 1.165) is 24.2 Å². The Morgan fingerprint density at radius 3 is 3.09 bits per heavy atom. The monoisotopic (exact) mass is 218 g/mol. The molecular weight excluding hydrogens is 208 g/mol. The standard InChI is InChI=1S/C7H11BrN2O/c1-11-6-2-5-10-7(8)3-4-9-10/h3-4H,2,5-6H2,1H3. The van der Waals surface area contributed by atoms with Gasteiger partial charge in [-0.05, 0) is 28.4 Å². The average Bonchev–Trinajstić information content (AvgIpc) is 2.37. The van der Waals surface area contributed by atoms with E-state index in [1.807, 2.05) is 10.7 Å². The highest BCUT2D eigenvalue weighted by Crippen LogP contribution is 2.07. The van der Waals surface area contributed by atoms with Gasteiger partial charge in [0.15, 0.2) is 0 Å². The highest BCUT2D eigenvalue weighted by molar-refractivity contribution is 9.10. The Morgan fingerprint density at radius 2 is 2.55 bits per heavy atom. The van der Waals surface area contributed by atoms with Gasteiger partial charge in [-0.2, -0.15) is 5.10 Å². The molecule has 0 aliphatic carbocycles. The van der Waals surface area contributed by atoms with Crippen molar-refractivity contribution in [3.63, 3.8) is 0 Å². The lowest BCUT2D eigenvalue weighted by Crippen LogP contribution is -2.02. The summed E-state index contributed by atoms with van der Waals surface area (Å²) in [5, 5.41) is 4.10. The van der Waals surface area contributed by atoms with Crippen LogP contribution in [-0.4, -0.2) is 23.5 Å². The molecule has 4 heteroatoms. The molecule has 62 valence electrons. The molecule has 3 nitrogen and oxygen atoms in total. The fourth-order valence-corrected chi connectivity index (χ4v) is 1.23. The van der Waals surface area contributed by atoms with Crippen LogP contribution in [0.15, 0.2) is 16.9 Å². The fraction of sp³-hybridized carbons (Fsp3) is 0.571. The molecule has 1 heterocycles. The Labute approximate surface area is 74.5 Å². The molecule has 0 aliphatic rings. The van der Waals surface area contributed by atoms with E-state index in [1.165, 1.54) is 0 Å². The van der Waals surface area contributed by atoms with Gasteiger partial charge in [0.05, 0.1) is 6.20 Å². The van der Waals surface area contributed by atoms with Gasteiger partial charge in [-0.1, -0.05) is 0 Å². The van der Waals surface area contributed by atoms with Crippen molar-refractivity contribution in [1.82, 2.24) is 9.78 Å². The van der Waals surface area contributed by atoms with Crippen molar-refractivity contribution in [2.75, 3.05) is 13.7 Å². The summed E-state index contributed by atoms with van der Waals surface area (Å²) in [5.74, 6) is 0. The summed E-state index contributed by atoms with van der Waals surface area (Å²) in [5.41, 5.74) is 0. The smallest absolute Gasteiger partial charge is 0.104 e. The lowest BCUT2D eigenvalue weighted by molar-refractivity contribution is 0.188. The van der Waals surface area contributed by atoms with Crippen LogP contribution in [0.25, 0.3) is 0 Å². The number of ether oxygens (including phenoxy) is 1. The molecule has 0 N–H and O–H groups in total. The van der Waals surface area contributed by atoms with Crippen LogP contribution < -0.4 is 0 Å². The Bertz CT molecular complexity index is 212. The molecule has 1 rings (SSSR count). The first-order valence-corrected chi connectivity index (χ1v) is 4.30. The summed E-state index contributed by atoms with van der Waals surface area (Å²) >= 11 is 3.38. The Kier molecular flexibility index (Phi) is 3.59. The number of nitrogens with zero attached hydrogens (tertiary/aromatic N) is 2. The maximum atomic E-state index is 4.92. The number of hydrogen-bond acceptors (Lipinski definition) is 2. The van der Waals surface area contributed by atoms with Crippen LogP contribution in [0.1, 0.15) is 6.42 Å². The van der Waals surface area contributed by atoms with Gasteiger partial charge in [-0.3, -0.25) is 4.68 Å². The van der Waals surface area contributed by atoms with E-state index in [9.17, 15) is 0 Å². The second-order valence-electron chi connectivity index (χ2n) is 2.22. The molecule has 0 aromatic carbocycles. The molecule has 1 aromatic heterocycles. The van der Waals surface area contributed by atoms with Crippen molar-refractivity contribution in [2.24, 2.45) is 0 Å². The predicted octanol–water partition coefficient (Wildman–Crippen LogP) is 1.68. The molecule has 0 fully saturated rings. The molecule has 0 radical (unpaired) electrons. The number of methoxy groups -OCH3 is 1. The summed E-state index contributed by atoms with van der Waals surface area (Å²) in [6.07, 6.45) is 2.77. The SMILES string of the molecule is COCCCn1nccc1Br. The van der Waals surface area contributed by atoms with Gasteiger partial charge in [0.1, 0.15) is 4.60 Å². The van der Waals surface area contributed by atoms with Crippen LogP contribution in [0.4, 0.5) is 0 Å². The largest absolute Gasteiger partial charge is 0.385 e. The normalized spacial score (nSPS) is 10.4. The van der Waals surface area contributed by atoms with Crippen LogP contribution in [-0.2, 0) is 11.3 Å². The molecule has 0 atom stereocenters. The van der Waals surface area contributed by atoms with Gasteiger partial charge in [0.2, 0.25) is 0 Å². The van der Waals surface area contributed by atoms with E-state index in [1.54, 1.807) is 13.3 Å². The summed E-state index contributed by atoms with van der Waals surface area (Å²) in [4.78, 5) is 0. The van der Waals surface area contributed by atoms with Crippen LogP contribution in [0, 0.1) is 0 Å². The molecular formula is C7H11BrN2O. The molecule has 0 unspecified atom stereocenters. The molecule has 0 saturated heterocycles. The van der Waals surface area contributed by atoms with Gasteiger partial charge >= 0.3 is 0 Å². The molecule has 0 aliphatic heterocycles. The summed E-state index contributed by atoms with van der Waals surface area (Å²) < 4.78 is 7.85. The predicted molar refractivity (Wildman–Crippen MR) is 46.4 cm³/mol. The van der Waals surface area contributed by atoms with Crippen molar-refractivity contribution in [3.05, 3.63) is 16.9 Å². The van der Waals surface area contributed by atoms with Gasteiger partial charge in [0, 0.05) is 20.3 Å². The second kappa shape index (κ2) is 4.51. The third-order valence-corrected chi connectivity index (χ3v) is 2.06. The lowest BCUT2D eigenvalue weighted by atomic mass is 10.4. The third kappa shape index (κ3) is 2.63. The Hall–Kier alpha value is -0.350. The average molecular weight is 219 g/mol. The number of aryl methyl sites for hydroxylation is 1. The fourth-order valence-electron chi connectivity index (χ4n) is 0.840. The minimum atomic E-state index is 0.784. The molecule has 0 amide bonds. The van der Waals surface area contributed by atoms with Crippen molar-refractivity contribution >= 4 is 15.9 Å². The molecule has 0 saturated carbocycles. The van der Waals surface area contributed by atoms with Crippen LogP contribution in [0.3, 0.4) is 0 Å². The molecule has 11 heavy (non-hydrogen) atoms. The zero-order chi connectivity index (χ0) is 8.10. The molecule has 0 bridgehead atoms. The van der Waals surface area contributed by atoms with Crippen LogP contribution in [0.5, 0.6) is 0 Å². The summed E-state index contributed by atoms with van der Waals surface area (Å²) in [6, 6.07) is 1.92. The Morgan fingerprint density at radius 1 is 1.73 bits per heavy atom. The highest BCUT2D eigenvalue weighted by atomic mass is 79.9. The van der Waals surface area contributed by atoms with Crippen LogP contribution in [0.2, 0.25) is 0 Å². The van der Waals surface area contributed by atoms with Crippen LogP contribution >= 0.6 is 15.9 Å². The highest BCUT2D eigenvalue weighted by Gasteiger charge is 1.96. The van der Waals surface area contributed by atoms with Gasteiger partial charge in [0.25, 0.3) is 0 Å². The molecule has 1 aromatic rings. The van der Waals surface area contributed by atoms with Gasteiger partial charge < -0.3 is 4.74 Å². The number of hydrogen-bond donors (Lipinski definition) is 0. The van der Waals surface area contributed by atoms with Crippen molar-refractivity contribution in [2.45, 2.75) is 13.0 Å². The van der Waals surface area contributed by atoms with Crippen molar-refractivity contribution in [3.8, 4) is 0 Å². The number of halogens is 1. The minimum absolute atomic E-state index is 0.784. The number of rotatable bonds is 4. The van der Waals surface area contributed by atoms with Crippen molar-refractivity contribution in [1.29, 1.82) is 0 Å². The summed E-state index contributed by atoms with van der Waals surface area (Å²) in [6.45, 7) is 1.69. The molecule has 0 spiro atoms. The van der Waals surface area contributed by atoms with E-state index in [4.69, 9.17) is 4.74 Å². The zero-order valence-corrected chi connectivity index (χ0v) is 8.04. The topological polar surface area (TPSA) is 27.1 Å². The van der Waals surface area contributed by atoms with E-state index >= 15 is 0 Å². The quantitative estimate of drug-likeness (QED) is 0.720. The minimum Gasteiger partial charge on any atom is -0.385 e. The maximum absolute atomic E-state index is 4.92.